The fourth-order valence-corrected chi connectivity index (χ4v) is 7.68. The van der Waals surface area contributed by atoms with Crippen LogP contribution in [0.1, 0.15) is 115 Å². The topological polar surface area (TPSA) is 710 Å². The van der Waals surface area contributed by atoms with Crippen molar-refractivity contribution in [3.05, 3.63) is 0 Å². The molecule has 2 aliphatic rings. The highest BCUT2D eigenvalue weighted by atomic mass is 31.2. The lowest BCUT2D eigenvalue weighted by atomic mass is 10.0. The highest BCUT2D eigenvalue weighted by Crippen LogP contribution is 2.40. The molecule has 8 atom stereocenters. The lowest BCUT2D eigenvalue weighted by Crippen LogP contribution is -2.45. The zero-order chi connectivity index (χ0) is 96.1. The SMILES string of the molecule is CC(C(=O)O)N(C)C.CC(C)C(C(=O)O)N(C)C.CCC(NC)C(=O)O.CN(C)C(C)(C)C(=O)O.CN(C)C(CO)C(=O)O.CN(C)C1(C(=O)O)CC1.CN(C)CC(=O)O.CN(C)CP(=O)(O)O.CNC(C(=O)O)C(C)C.CNC(C(=O)O)C(C)O.CNC(C)(C)C(=O)O.CNC(C)C(=O)O.CNC1(C(=O)O)CC1.CNCP(=O)(O)O. The Morgan fingerprint density at radius 3 is 0.871 bits per heavy atom. The largest absolute Gasteiger partial charge is 0.480 e. The molecule has 0 aromatic carbocycles. The summed E-state index contributed by atoms with van der Waals surface area (Å²) in [5.41, 5.74) is -2.58. The third-order valence-electron chi connectivity index (χ3n) is 15.5. The summed E-state index contributed by atoms with van der Waals surface area (Å²) in [7, 11) is 27.6. The molecule has 48 heteroatoms. The van der Waals surface area contributed by atoms with Gasteiger partial charge in [0.25, 0.3) is 0 Å². The van der Waals surface area contributed by atoms with Gasteiger partial charge in [-0.05, 0) is 240 Å². The number of aliphatic carboxylic acids is 12. The third kappa shape index (κ3) is 81.1. The maximum absolute atomic E-state index is 10.5. The second-order valence-corrected chi connectivity index (χ2v) is 31.9. The molecule has 8 unspecified atom stereocenters. The Morgan fingerprint density at radius 1 is 0.466 bits per heavy atom. The number of aliphatic hydroxyl groups excluding tert-OH is 2. The van der Waals surface area contributed by atoms with Gasteiger partial charge in [-0.1, -0.05) is 34.6 Å². The summed E-state index contributed by atoms with van der Waals surface area (Å²) < 4.78 is 20.0. The second-order valence-electron chi connectivity index (χ2n) is 28.6. The summed E-state index contributed by atoms with van der Waals surface area (Å²) in [6.07, 6.45) is 2.52. The van der Waals surface area contributed by atoms with Crippen LogP contribution in [0.3, 0.4) is 0 Å². The summed E-state index contributed by atoms with van der Waals surface area (Å²) in [6.45, 7) is 20.3. The van der Waals surface area contributed by atoms with Crippen LogP contribution in [0.2, 0.25) is 0 Å². The third-order valence-corrected chi connectivity index (χ3v) is 17.2. The fourth-order valence-electron chi connectivity index (χ4n) is 6.53. The van der Waals surface area contributed by atoms with Gasteiger partial charge < -0.3 is 128 Å². The predicted octanol–water partition coefficient (Wildman–Crippen LogP) is -2.10. The number of aliphatic hydroxyl groups is 2. The second kappa shape index (κ2) is 71.2. The summed E-state index contributed by atoms with van der Waals surface area (Å²) in [4.78, 5) is 166. The molecule has 0 bridgehead atoms. The van der Waals surface area contributed by atoms with Crippen molar-refractivity contribution in [1.29, 1.82) is 0 Å². The first-order chi connectivity index (χ1) is 52.0. The maximum atomic E-state index is 10.5. The Hall–Kier alpha value is -6.70. The normalized spacial score (nSPS) is 14.5. The number of carboxylic acid groups (broad SMARTS) is 12. The first-order valence-electron chi connectivity index (χ1n) is 35.5. The predicted molar refractivity (Wildman–Crippen MR) is 438 cm³/mol. The number of rotatable bonds is 33. The number of hydrogen-bond acceptors (Lipinski definition) is 30. The highest BCUT2D eigenvalue weighted by Gasteiger charge is 2.52. The lowest BCUT2D eigenvalue weighted by molar-refractivity contribution is -0.148. The number of carboxylic acids is 12. The van der Waals surface area contributed by atoms with E-state index in [0.29, 0.717) is 6.42 Å². The monoisotopic (exact) mass is 1740 g/mol. The van der Waals surface area contributed by atoms with Crippen LogP contribution in [-0.2, 0) is 66.7 Å². The zero-order valence-corrected chi connectivity index (χ0v) is 76.2. The average molecular weight is 1740 g/mol. The van der Waals surface area contributed by atoms with Crippen LogP contribution in [0, 0.1) is 11.8 Å². The quantitative estimate of drug-likeness (QED) is 0.0313. The van der Waals surface area contributed by atoms with E-state index >= 15 is 0 Å². The number of hydrogen-bond donors (Lipinski definition) is 25. The van der Waals surface area contributed by atoms with Gasteiger partial charge >= 0.3 is 86.8 Å². The van der Waals surface area contributed by atoms with Gasteiger partial charge in [0.2, 0.25) is 0 Å². The van der Waals surface area contributed by atoms with Gasteiger partial charge in [-0.2, -0.15) is 0 Å². The van der Waals surface area contributed by atoms with Crippen molar-refractivity contribution in [3.63, 3.8) is 0 Å². The van der Waals surface area contributed by atoms with Gasteiger partial charge in [0.15, 0.2) is 0 Å². The molecule has 2 aliphatic carbocycles. The zero-order valence-electron chi connectivity index (χ0n) is 74.4. The van der Waals surface area contributed by atoms with Crippen molar-refractivity contribution in [2.24, 2.45) is 11.8 Å². The molecule has 696 valence electrons. The Bertz CT molecular complexity index is 2680. The van der Waals surface area contributed by atoms with Gasteiger partial charge in [0.1, 0.15) is 70.7 Å². The van der Waals surface area contributed by atoms with Crippen molar-refractivity contribution in [3.8, 4) is 0 Å². The van der Waals surface area contributed by atoms with Crippen LogP contribution in [0.5, 0.6) is 0 Å². The molecule has 116 heavy (non-hydrogen) atoms. The molecule has 0 saturated heterocycles. The molecule has 2 saturated carbocycles. The molecule has 25 N–H and O–H groups in total. The Kier molecular flexibility index (Phi) is 83.2. The number of carbonyl (C=O) groups is 12. The van der Waals surface area contributed by atoms with Crippen molar-refractivity contribution in [2.75, 3.05) is 174 Å². The van der Waals surface area contributed by atoms with Gasteiger partial charge in [0, 0.05) is 0 Å². The minimum absolute atomic E-state index is 0.111. The van der Waals surface area contributed by atoms with E-state index in [1.807, 2.05) is 34.6 Å². The first kappa shape index (κ1) is 135. The van der Waals surface area contributed by atoms with E-state index in [-0.39, 0.29) is 55.7 Å². The molecule has 0 amide bonds. The maximum Gasteiger partial charge on any atom is 0.339 e. The molecule has 2 rings (SSSR count). The Balaban J connectivity index is -0.000000101. The molecule has 0 aromatic rings. The fraction of sp³-hybridized carbons (Fsp3) is 0.824. The van der Waals surface area contributed by atoms with Gasteiger partial charge in [0.05, 0.1) is 25.5 Å². The smallest absolute Gasteiger partial charge is 0.339 e. The van der Waals surface area contributed by atoms with E-state index in [1.54, 1.807) is 200 Å². The number of nitrogens with one attached hydrogen (secondary N) is 7. The van der Waals surface area contributed by atoms with Crippen LogP contribution in [0.25, 0.3) is 0 Å². The lowest BCUT2D eigenvalue weighted by Gasteiger charge is -2.27. The average Bonchev–Trinajstić information content (AvgIpc) is 1.63. The van der Waals surface area contributed by atoms with E-state index in [9.17, 15) is 66.7 Å². The van der Waals surface area contributed by atoms with Gasteiger partial charge in [-0.3, -0.25) is 101 Å². The van der Waals surface area contributed by atoms with E-state index in [4.69, 9.17) is 91.1 Å². The van der Waals surface area contributed by atoms with Crippen molar-refractivity contribution < 1.29 is 158 Å². The standard InChI is InChI=1S/C7H15NO2.C6H11NO2.2C6H13NO2.2C5H11NO3.C5H9NO2.3C5H11NO2.2C4H9NO2.C3H10NO3P.C2H8NO3P/c1-5(2)6(7(9)10)8(3)4;1-7(2)6(3-4-6)5(8)9;1-6(2,5(8)9)7(3)4;1-4(2)5(7-3)6(8)9;1-6(2)4(3-7)5(8)9;1-3(7)4(6-2)5(8)9;1-6-5(2-3-5)4(7)8;1-5(2,6-3)4(7)8;1-4(5(7)8)6(2)3;1-3-4(6-2)5(7)8;1-5(2)3-4(6)7;1-3(5-2)4(6)7;1-4(2)3-8(5,6)7;1-3-2-7(4,5)6/h5-6H,1-4H3,(H,9,10);3-4H2,1-2H3,(H,8,9);1-4H3,(H,8,9);4-5,7H,1-3H3,(H,8,9);4,7H,3H2,1-2H3,(H,8,9);3-4,6-7H,1-2H3,(H,8,9);6H,2-3H2,1H3,(H,7,8);6H,1-3H3,(H,7,8);4H,1-3H3,(H,7,8);4,6H,3H2,1-2H3,(H,7,8);3H2,1-2H3,(H,6,7);3,5H,1-2H3,(H,6,7);3H2,1-2H3,(H2,5,6,7);3H,2H2,1H3,(H2,4,5,6). The van der Waals surface area contributed by atoms with Crippen LogP contribution in [0.15, 0.2) is 0 Å². The first-order valence-corrected chi connectivity index (χ1v) is 39.1. The van der Waals surface area contributed by atoms with Gasteiger partial charge in [-0.25, -0.2) is 0 Å². The molecule has 0 aliphatic heterocycles. The van der Waals surface area contributed by atoms with E-state index in [0.717, 1.165) is 25.7 Å². The molecule has 46 nitrogen and oxygen atoms in total. The highest BCUT2D eigenvalue weighted by molar-refractivity contribution is 7.51. The Labute approximate surface area is 685 Å². The molecular weight excluding hydrogens is 1590 g/mol. The Morgan fingerprint density at radius 2 is 0.871 bits per heavy atom. The van der Waals surface area contributed by atoms with Crippen molar-refractivity contribution in [2.45, 2.75) is 186 Å². The van der Waals surface area contributed by atoms with Gasteiger partial charge in [-0.15, -0.1) is 0 Å². The summed E-state index contributed by atoms with van der Waals surface area (Å²) in [5.74, 6) is -9.47. The van der Waals surface area contributed by atoms with Crippen LogP contribution < -0.4 is 37.2 Å². The summed E-state index contributed by atoms with van der Waals surface area (Å²) >= 11 is 0. The minimum Gasteiger partial charge on any atom is -0.480 e. The van der Waals surface area contributed by atoms with Crippen LogP contribution in [-0.4, -0.2) is 441 Å². The van der Waals surface area contributed by atoms with Crippen LogP contribution in [0.4, 0.5) is 0 Å². The number of likely N-dealkylation sites (N-methyl/N-ethyl adjacent to an activating group) is 12. The van der Waals surface area contributed by atoms with Crippen LogP contribution >= 0.6 is 15.2 Å². The minimum atomic E-state index is -3.80. The van der Waals surface area contributed by atoms with Crippen molar-refractivity contribution in [1.82, 2.24) is 71.5 Å². The van der Waals surface area contributed by atoms with E-state index in [2.05, 4.69) is 37.2 Å². The molecule has 0 aromatic heterocycles. The van der Waals surface area contributed by atoms with Crippen molar-refractivity contribution >= 4 is 86.8 Å². The molecule has 0 radical (unpaired) electrons. The number of nitrogens with zero attached hydrogens (tertiary/aromatic N) is 7. The molecule has 2 fully saturated rings. The summed E-state index contributed by atoms with van der Waals surface area (Å²) in [6, 6.07) is -3.59. The molecule has 0 spiro atoms. The van der Waals surface area contributed by atoms with E-state index < -0.39 is 139 Å². The summed E-state index contributed by atoms with van der Waals surface area (Å²) in [5, 5.41) is 136. The van der Waals surface area contributed by atoms with E-state index in [1.165, 1.54) is 30.8 Å². The molecule has 0 heterocycles. The molecular formula is C68H152N14O32P2.